The Morgan fingerprint density at radius 3 is 2.44 bits per heavy atom. The number of rotatable bonds is 1. The van der Waals surface area contributed by atoms with Gasteiger partial charge in [0.2, 0.25) is 0 Å². The molecular weight excluding hydrogens is 216 g/mol. The molecule has 92 valence electrons. The van der Waals surface area contributed by atoms with Crippen LogP contribution in [0.5, 0.6) is 0 Å². The summed E-state index contributed by atoms with van der Waals surface area (Å²) in [6.07, 6.45) is 9.35. The normalized spacial score (nSPS) is 18.3. The van der Waals surface area contributed by atoms with E-state index < -0.39 is 0 Å². The van der Waals surface area contributed by atoms with Gasteiger partial charge in [0.1, 0.15) is 0 Å². The highest BCUT2D eigenvalue weighted by Gasteiger charge is 2.22. The predicted octanol–water partition coefficient (Wildman–Crippen LogP) is 4.93. The Morgan fingerprint density at radius 2 is 1.78 bits per heavy atom. The van der Waals surface area contributed by atoms with Gasteiger partial charge in [0.15, 0.2) is 0 Å². The molecule has 0 aliphatic heterocycles. The SMILES string of the molecule is CC(C)(C)C1=CC(C2=Cc3ccccc3C2)=CC1. The van der Waals surface area contributed by atoms with Crippen LogP contribution in [-0.2, 0) is 6.42 Å². The van der Waals surface area contributed by atoms with E-state index >= 15 is 0 Å². The Labute approximate surface area is 110 Å². The standard InChI is InChI=1S/C18H20/c1-18(2,3)17-9-8-15(12-17)16-10-13-6-4-5-7-14(13)11-16/h4-8,10,12H,9,11H2,1-3H3. The van der Waals surface area contributed by atoms with E-state index in [9.17, 15) is 0 Å². The average molecular weight is 236 g/mol. The van der Waals surface area contributed by atoms with Gasteiger partial charge in [-0.15, -0.1) is 0 Å². The van der Waals surface area contributed by atoms with Crippen LogP contribution in [0.15, 0.2) is 53.1 Å². The van der Waals surface area contributed by atoms with Crippen LogP contribution in [0.25, 0.3) is 6.08 Å². The van der Waals surface area contributed by atoms with Crippen LogP contribution in [0.2, 0.25) is 0 Å². The largest absolute Gasteiger partial charge is 0.0729 e. The van der Waals surface area contributed by atoms with Gasteiger partial charge in [0.25, 0.3) is 0 Å². The van der Waals surface area contributed by atoms with Crippen LogP contribution in [0, 0.1) is 5.41 Å². The lowest BCUT2D eigenvalue weighted by molar-refractivity contribution is 0.496. The molecule has 0 atom stereocenters. The van der Waals surface area contributed by atoms with Crippen LogP contribution in [0.3, 0.4) is 0 Å². The maximum Gasteiger partial charge on any atom is -0.00138 e. The topological polar surface area (TPSA) is 0 Å². The molecule has 0 heterocycles. The summed E-state index contributed by atoms with van der Waals surface area (Å²) >= 11 is 0. The molecule has 0 saturated carbocycles. The van der Waals surface area contributed by atoms with E-state index in [0.717, 1.165) is 12.8 Å². The molecule has 18 heavy (non-hydrogen) atoms. The van der Waals surface area contributed by atoms with Crippen molar-refractivity contribution in [2.24, 2.45) is 5.41 Å². The summed E-state index contributed by atoms with van der Waals surface area (Å²) < 4.78 is 0. The third-order valence-electron chi connectivity index (χ3n) is 3.97. The molecule has 0 radical (unpaired) electrons. The summed E-state index contributed by atoms with van der Waals surface area (Å²) in [4.78, 5) is 0. The number of allylic oxidation sites excluding steroid dienone is 5. The van der Waals surface area contributed by atoms with Gasteiger partial charge in [-0.2, -0.15) is 0 Å². The van der Waals surface area contributed by atoms with Crippen molar-refractivity contribution in [3.8, 4) is 0 Å². The predicted molar refractivity (Wildman–Crippen MR) is 78.4 cm³/mol. The zero-order chi connectivity index (χ0) is 12.8. The van der Waals surface area contributed by atoms with Gasteiger partial charge in [0, 0.05) is 0 Å². The van der Waals surface area contributed by atoms with Gasteiger partial charge in [-0.3, -0.25) is 0 Å². The van der Waals surface area contributed by atoms with Crippen LogP contribution >= 0.6 is 0 Å². The van der Waals surface area contributed by atoms with Crippen molar-refractivity contribution in [1.29, 1.82) is 0 Å². The fraction of sp³-hybridized carbons (Fsp3) is 0.333. The first-order valence-electron chi connectivity index (χ1n) is 6.74. The van der Waals surface area contributed by atoms with Crippen molar-refractivity contribution in [2.45, 2.75) is 33.6 Å². The maximum atomic E-state index is 2.40. The molecule has 0 saturated heterocycles. The number of hydrogen-bond acceptors (Lipinski definition) is 0. The van der Waals surface area contributed by atoms with E-state index in [0.29, 0.717) is 5.41 Å². The second-order valence-corrected chi connectivity index (χ2v) is 6.33. The van der Waals surface area contributed by atoms with Crippen molar-refractivity contribution in [3.63, 3.8) is 0 Å². The molecule has 0 bridgehead atoms. The Hall–Kier alpha value is -1.56. The summed E-state index contributed by atoms with van der Waals surface area (Å²) in [6.45, 7) is 6.90. The molecule has 2 aliphatic rings. The van der Waals surface area contributed by atoms with Crippen LogP contribution in [0.4, 0.5) is 0 Å². The Balaban J connectivity index is 1.87. The summed E-state index contributed by atoms with van der Waals surface area (Å²) in [5.74, 6) is 0. The zero-order valence-electron chi connectivity index (χ0n) is 11.5. The van der Waals surface area contributed by atoms with E-state index in [-0.39, 0.29) is 0 Å². The molecule has 0 fully saturated rings. The van der Waals surface area contributed by atoms with E-state index in [2.05, 4.69) is 63.3 Å². The summed E-state index contributed by atoms with van der Waals surface area (Å²) in [5, 5.41) is 0. The first-order valence-corrected chi connectivity index (χ1v) is 6.74. The number of hydrogen-bond donors (Lipinski definition) is 0. The molecule has 0 heteroatoms. The molecule has 0 nitrogen and oxygen atoms in total. The quantitative estimate of drug-likeness (QED) is 0.648. The molecule has 2 aliphatic carbocycles. The minimum absolute atomic E-state index is 0.296. The molecule has 0 amide bonds. The first kappa shape index (κ1) is 11.5. The third-order valence-corrected chi connectivity index (χ3v) is 3.97. The van der Waals surface area contributed by atoms with Gasteiger partial charge in [-0.1, -0.05) is 68.8 Å². The minimum atomic E-state index is 0.296. The first-order chi connectivity index (χ1) is 8.54. The van der Waals surface area contributed by atoms with Gasteiger partial charge in [-0.25, -0.2) is 0 Å². The molecule has 0 aromatic heterocycles. The van der Waals surface area contributed by atoms with E-state index in [1.807, 2.05) is 0 Å². The fourth-order valence-electron chi connectivity index (χ4n) is 2.74. The highest BCUT2D eigenvalue weighted by molar-refractivity contribution is 5.70. The van der Waals surface area contributed by atoms with Crippen LogP contribution in [-0.4, -0.2) is 0 Å². The molecule has 0 spiro atoms. The van der Waals surface area contributed by atoms with Gasteiger partial charge < -0.3 is 0 Å². The van der Waals surface area contributed by atoms with Crippen molar-refractivity contribution < 1.29 is 0 Å². The highest BCUT2D eigenvalue weighted by Crippen LogP contribution is 2.38. The minimum Gasteiger partial charge on any atom is -0.0729 e. The summed E-state index contributed by atoms with van der Waals surface area (Å²) in [5.41, 5.74) is 7.63. The lowest BCUT2D eigenvalue weighted by atomic mass is 9.86. The lowest BCUT2D eigenvalue weighted by Gasteiger charge is -2.19. The van der Waals surface area contributed by atoms with E-state index in [1.54, 1.807) is 5.57 Å². The van der Waals surface area contributed by atoms with Crippen molar-refractivity contribution in [3.05, 3.63) is 64.3 Å². The molecule has 0 unspecified atom stereocenters. The number of fused-ring (bicyclic) bond motifs is 1. The Bertz CT molecular complexity index is 574. The maximum absolute atomic E-state index is 2.40. The van der Waals surface area contributed by atoms with Crippen molar-refractivity contribution in [2.75, 3.05) is 0 Å². The lowest BCUT2D eigenvalue weighted by Crippen LogP contribution is -2.07. The zero-order valence-corrected chi connectivity index (χ0v) is 11.5. The van der Waals surface area contributed by atoms with Gasteiger partial charge in [0.05, 0.1) is 0 Å². The van der Waals surface area contributed by atoms with Gasteiger partial charge >= 0.3 is 0 Å². The smallest absolute Gasteiger partial charge is 0.00138 e. The molecular formula is C18H20. The highest BCUT2D eigenvalue weighted by atomic mass is 14.3. The number of benzene rings is 1. The third kappa shape index (κ3) is 1.96. The monoisotopic (exact) mass is 236 g/mol. The summed E-state index contributed by atoms with van der Waals surface area (Å²) in [7, 11) is 0. The Morgan fingerprint density at radius 1 is 1.00 bits per heavy atom. The molecule has 3 rings (SSSR count). The van der Waals surface area contributed by atoms with E-state index in [1.165, 1.54) is 22.3 Å². The molecule has 1 aromatic carbocycles. The van der Waals surface area contributed by atoms with Crippen LogP contribution in [0.1, 0.15) is 38.3 Å². The summed E-state index contributed by atoms with van der Waals surface area (Å²) in [6, 6.07) is 8.71. The fourth-order valence-corrected chi connectivity index (χ4v) is 2.74. The average Bonchev–Trinajstić information content (AvgIpc) is 2.94. The second-order valence-electron chi connectivity index (χ2n) is 6.33. The Kier molecular flexibility index (Phi) is 2.55. The van der Waals surface area contributed by atoms with Gasteiger partial charge in [-0.05, 0) is 40.5 Å². The van der Waals surface area contributed by atoms with E-state index in [4.69, 9.17) is 0 Å². The van der Waals surface area contributed by atoms with Crippen molar-refractivity contribution >= 4 is 6.08 Å². The van der Waals surface area contributed by atoms with Crippen LogP contribution < -0.4 is 0 Å². The molecule has 0 N–H and O–H groups in total. The van der Waals surface area contributed by atoms with Crippen molar-refractivity contribution in [1.82, 2.24) is 0 Å². The molecule has 1 aromatic rings. The second kappa shape index (κ2) is 3.98.